The van der Waals surface area contributed by atoms with E-state index in [0.717, 1.165) is 24.6 Å². The van der Waals surface area contributed by atoms with Crippen LogP contribution < -0.4 is 5.32 Å². The number of nitrogens with one attached hydrogen (secondary N) is 1. The summed E-state index contributed by atoms with van der Waals surface area (Å²) in [6.07, 6.45) is 7.32. The quantitative estimate of drug-likeness (QED) is 0.705. The zero-order valence-electron chi connectivity index (χ0n) is 9.46. The Labute approximate surface area is 87.4 Å². The van der Waals surface area contributed by atoms with Gasteiger partial charge in [0.1, 0.15) is 0 Å². The first-order valence-electron chi connectivity index (χ1n) is 6.15. The maximum Gasteiger partial charge on any atom is 0.0604 e. The second-order valence-corrected chi connectivity index (χ2v) is 4.99. The lowest BCUT2D eigenvalue weighted by Crippen LogP contribution is -2.48. The van der Waals surface area contributed by atoms with Crippen molar-refractivity contribution in [3.05, 3.63) is 0 Å². The van der Waals surface area contributed by atoms with Crippen LogP contribution in [0.5, 0.6) is 0 Å². The molecule has 2 rings (SSSR count). The summed E-state index contributed by atoms with van der Waals surface area (Å²) in [5.41, 5.74) is 0. The van der Waals surface area contributed by atoms with Gasteiger partial charge in [-0.2, -0.15) is 0 Å². The van der Waals surface area contributed by atoms with Crippen molar-refractivity contribution in [3.8, 4) is 0 Å². The first-order valence-corrected chi connectivity index (χ1v) is 6.15. The summed E-state index contributed by atoms with van der Waals surface area (Å²) in [6.45, 7) is 5.28. The third-order valence-electron chi connectivity index (χ3n) is 3.40. The molecular formula is C12H23NO. The van der Waals surface area contributed by atoms with Gasteiger partial charge in [0.25, 0.3) is 0 Å². The van der Waals surface area contributed by atoms with Gasteiger partial charge in [0.05, 0.1) is 6.10 Å². The largest absolute Gasteiger partial charge is 0.378 e. The zero-order valence-corrected chi connectivity index (χ0v) is 9.46. The predicted molar refractivity (Wildman–Crippen MR) is 58.4 cm³/mol. The summed E-state index contributed by atoms with van der Waals surface area (Å²) in [7, 11) is 0. The van der Waals surface area contributed by atoms with E-state index >= 15 is 0 Å². The normalized spacial score (nSPS) is 33.9. The van der Waals surface area contributed by atoms with Gasteiger partial charge in [0.2, 0.25) is 0 Å². The Balaban J connectivity index is 1.53. The average molecular weight is 197 g/mol. The van der Waals surface area contributed by atoms with Crippen LogP contribution >= 0.6 is 0 Å². The van der Waals surface area contributed by atoms with Gasteiger partial charge >= 0.3 is 0 Å². The first kappa shape index (κ1) is 10.4. The fourth-order valence-electron chi connectivity index (χ4n) is 2.40. The maximum absolute atomic E-state index is 5.54. The molecule has 0 radical (unpaired) electrons. The summed E-state index contributed by atoms with van der Waals surface area (Å²) < 4.78 is 5.54. The fraction of sp³-hybridized carbons (Fsp3) is 1.00. The molecule has 0 aliphatic heterocycles. The Kier molecular flexibility index (Phi) is 3.45. The van der Waals surface area contributed by atoms with Gasteiger partial charge in [-0.1, -0.05) is 12.8 Å². The SMILES string of the molecule is CCOC1CC(NC(C)CC2CC2)C1. The van der Waals surface area contributed by atoms with Crippen molar-refractivity contribution in [2.45, 2.75) is 64.1 Å². The zero-order chi connectivity index (χ0) is 9.97. The molecule has 1 atom stereocenters. The highest BCUT2D eigenvalue weighted by atomic mass is 16.5. The molecule has 2 nitrogen and oxygen atoms in total. The van der Waals surface area contributed by atoms with E-state index < -0.39 is 0 Å². The molecule has 0 aromatic carbocycles. The van der Waals surface area contributed by atoms with Crippen LogP contribution in [0, 0.1) is 5.92 Å². The number of hydrogen-bond acceptors (Lipinski definition) is 2. The molecule has 0 heterocycles. The van der Waals surface area contributed by atoms with Crippen LogP contribution in [0.4, 0.5) is 0 Å². The van der Waals surface area contributed by atoms with Crippen LogP contribution in [0.1, 0.15) is 46.0 Å². The number of rotatable bonds is 6. The lowest BCUT2D eigenvalue weighted by atomic mass is 9.88. The van der Waals surface area contributed by atoms with E-state index in [9.17, 15) is 0 Å². The van der Waals surface area contributed by atoms with Crippen molar-refractivity contribution >= 4 is 0 Å². The van der Waals surface area contributed by atoms with Crippen LogP contribution in [-0.2, 0) is 4.74 Å². The Morgan fingerprint density at radius 1 is 1.36 bits per heavy atom. The molecule has 2 fully saturated rings. The molecule has 0 spiro atoms. The van der Waals surface area contributed by atoms with Crippen molar-refractivity contribution in [2.75, 3.05) is 6.61 Å². The van der Waals surface area contributed by atoms with Crippen molar-refractivity contribution in [1.82, 2.24) is 5.32 Å². The molecule has 2 saturated carbocycles. The average Bonchev–Trinajstić information content (AvgIpc) is 2.84. The van der Waals surface area contributed by atoms with Crippen LogP contribution in [-0.4, -0.2) is 24.8 Å². The van der Waals surface area contributed by atoms with E-state index in [1.807, 2.05) is 0 Å². The van der Waals surface area contributed by atoms with Crippen LogP contribution in [0.25, 0.3) is 0 Å². The molecule has 14 heavy (non-hydrogen) atoms. The van der Waals surface area contributed by atoms with Gasteiger partial charge in [-0.15, -0.1) is 0 Å². The highest BCUT2D eigenvalue weighted by Crippen LogP contribution is 2.34. The highest BCUT2D eigenvalue weighted by molar-refractivity contribution is 4.88. The molecule has 1 N–H and O–H groups in total. The molecule has 2 aliphatic rings. The van der Waals surface area contributed by atoms with Gasteiger partial charge in [-0.05, 0) is 39.0 Å². The molecule has 1 unspecified atom stereocenters. The summed E-state index contributed by atoms with van der Waals surface area (Å²) >= 11 is 0. The van der Waals surface area contributed by atoms with Crippen LogP contribution in [0.3, 0.4) is 0 Å². The molecule has 0 aromatic rings. The minimum absolute atomic E-state index is 0.547. The Morgan fingerprint density at radius 3 is 2.64 bits per heavy atom. The molecular weight excluding hydrogens is 174 g/mol. The summed E-state index contributed by atoms with van der Waals surface area (Å²) in [5, 5.41) is 3.70. The van der Waals surface area contributed by atoms with Gasteiger partial charge in [0.15, 0.2) is 0 Å². The molecule has 82 valence electrons. The van der Waals surface area contributed by atoms with E-state index in [2.05, 4.69) is 19.2 Å². The van der Waals surface area contributed by atoms with Gasteiger partial charge < -0.3 is 10.1 Å². The van der Waals surface area contributed by atoms with Gasteiger partial charge in [-0.3, -0.25) is 0 Å². The number of hydrogen-bond donors (Lipinski definition) is 1. The molecule has 0 bridgehead atoms. The fourth-order valence-corrected chi connectivity index (χ4v) is 2.40. The summed E-state index contributed by atoms with van der Waals surface area (Å²) in [4.78, 5) is 0. The molecule has 0 aromatic heterocycles. The van der Waals surface area contributed by atoms with Crippen LogP contribution in [0.15, 0.2) is 0 Å². The van der Waals surface area contributed by atoms with E-state index in [1.54, 1.807) is 0 Å². The smallest absolute Gasteiger partial charge is 0.0604 e. The lowest BCUT2D eigenvalue weighted by Gasteiger charge is -2.37. The Bertz CT molecular complexity index is 173. The van der Waals surface area contributed by atoms with E-state index in [-0.39, 0.29) is 0 Å². The van der Waals surface area contributed by atoms with Gasteiger partial charge in [0, 0.05) is 18.7 Å². The first-order chi connectivity index (χ1) is 6.78. The second-order valence-electron chi connectivity index (χ2n) is 4.99. The van der Waals surface area contributed by atoms with Crippen molar-refractivity contribution in [2.24, 2.45) is 5.92 Å². The van der Waals surface area contributed by atoms with E-state index in [1.165, 1.54) is 32.1 Å². The third kappa shape index (κ3) is 2.96. The maximum atomic E-state index is 5.54. The molecule has 0 saturated heterocycles. The Hall–Kier alpha value is -0.0800. The van der Waals surface area contributed by atoms with Crippen molar-refractivity contribution < 1.29 is 4.74 Å². The molecule has 2 heteroatoms. The minimum atomic E-state index is 0.547. The van der Waals surface area contributed by atoms with Crippen molar-refractivity contribution in [3.63, 3.8) is 0 Å². The van der Waals surface area contributed by atoms with Crippen molar-refractivity contribution in [1.29, 1.82) is 0 Å². The van der Waals surface area contributed by atoms with E-state index in [4.69, 9.17) is 4.74 Å². The standard InChI is InChI=1S/C12H23NO/c1-3-14-12-7-11(8-12)13-9(2)6-10-4-5-10/h9-13H,3-8H2,1-2H3. The number of ether oxygens (including phenoxy) is 1. The molecule has 0 amide bonds. The van der Waals surface area contributed by atoms with E-state index in [0.29, 0.717) is 6.10 Å². The Morgan fingerprint density at radius 2 is 2.07 bits per heavy atom. The topological polar surface area (TPSA) is 21.3 Å². The molecule has 2 aliphatic carbocycles. The van der Waals surface area contributed by atoms with Crippen LogP contribution in [0.2, 0.25) is 0 Å². The summed E-state index contributed by atoms with van der Waals surface area (Å²) in [6, 6.07) is 1.45. The summed E-state index contributed by atoms with van der Waals surface area (Å²) in [5.74, 6) is 1.04. The monoisotopic (exact) mass is 197 g/mol. The highest BCUT2D eigenvalue weighted by Gasteiger charge is 2.31. The lowest BCUT2D eigenvalue weighted by molar-refractivity contribution is -0.0122. The van der Waals surface area contributed by atoms with Gasteiger partial charge in [-0.25, -0.2) is 0 Å². The second kappa shape index (κ2) is 4.63. The minimum Gasteiger partial charge on any atom is -0.378 e. The third-order valence-corrected chi connectivity index (χ3v) is 3.40. The predicted octanol–water partition coefficient (Wildman–Crippen LogP) is 2.33.